The van der Waals surface area contributed by atoms with Crippen molar-refractivity contribution in [3.05, 3.63) is 24.3 Å². The molecule has 0 spiro atoms. The van der Waals surface area contributed by atoms with E-state index in [2.05, 4.69) is 45.1 Å². The summed E-state index contributed by atoms with van der Waals surface area (Å²) in [6, 6.07) is 0. The summed E-state index contributed by atoms with van der Waals surface area (Å²) < 4.78 is 17.0. The van der Waals surface area contributed by atoms with Crippen LogP contribution >= 0.6 is 0 Å². The SMILES string of the molecule is CCCCCC/C=C\C/C=C\CCCCCCCCCC(=O)OC(COC(=O)CCCCCCCCCCCCCCCCCC)COC(=O)CCCCCCCCCCCCCCCCCCCCCCCC. The highest BCUT2D eigenvalue weighted by molar-refractivity contribution is 5.71. The topological polar surface area (TPSA) is 78.9 Å². The molecule has 6 heteroatoms. The smallest absolute Gasteiger partial charge is 0.306 e. The summed E-state index contributed by atoms with van der Waals surface area (Å²) in [6.07, 6.45) is 76.1. The molecular formula is C68H128O6. The lowest BCUT2D eigenvalue weighted by Gasteiger charge is -2.18. The summed E-state index contributed by atoms with van der Waals surface area (Å²) in [5.41, 5.74) is 0. The second kappa shape index (κ2) is 63.4. The Bertz CT molecular complexity index is 1190. The molecule has 74 heavy (non-hydrogen) atoms. The van der Waals surface area contributed by atoms with Gasteiger partial charge in [0.2, 0.25) is 0 Å². The highest BCUT2D eigenvalue weighted by Gasteiger charge is 2.19. The van der Waals surface area contributed by atoms with Crippen LogP contribution in [0.15, 0.2) is 24.3 Å². The number of ether oxygens (including phenoxy) is 3. The first kappa shape index (κ1) is 71.9. The molecule has 0 rings (SSSR count). The molecule has 0 bridgehead atoms. The first-order chi connectivity index (χ1) is 36.5. The average molecular weight is 1040 g/mol. The molecule has 0 aromatic heterocycles. The van der Waals surface area contributed by atoms with Gasteiger partial charge in [-0.2, -0.15) is 0 Å². The zero-order valence-electron chi connectivity index (χ0n) is 50.1. The first-order valence-corrected chi connectivity index (χ1v) is 33.3. The van der Waals surface area contributed by atoms with E-state index in [1.54, 1.807) is 0 Å². The Morgan fingerprint density at radius 1 is 0.270 bits per heavy atom. The normalized spacial score (nSPS) is 12.1. The molecule has 1 atom stereocenters. The summed E-state index contributed by atoms with van der Waals surface area (Å²) in [5, 5.41) is 0. The van der Waals surface area contributed by atoms with Crippen molar-refractivity contribution < 1.29 is 28.6 Å². The van der Waals surface area contributed by atoms with Gasteiger partial charge in [0.15, 0.2) is 6.10 Å². The number of carbonyl (C=O) groups is 3. The summed E-state index contributed by atoms with van der Waals surface area (Å²) in [6.45, 7) is 6.70. The van der Waals surface area contributed by atoms with Crippen LogP contribution in [-0.4, -0.2) is 37.2 Å². The Hall–Kier alpha value is -2.11. The molecule has 0 radical (unpaired) electrons. The van der Waals surface area contributed by atoms with Crippen LogP contribution in [0.5, 0.6) is 0 Å². The second-order valence-corrected chi connectivity index (χ2v) is 22.7. The van der Waals surface area contributed by atoms with Crippen LogP contribution in [0.1, 0.15) is 374 Å². The van der Waals surface area contributed by atoms with Gasteiger partial charge in [-0.05, 0) is 51.4 Å². The number of hydrogen-bond donors (Lipinski definition) is 0. The van der Waals surface area contributed by atoms with E-state index >= 15 is 0 Å². The Morgan fingerprint density at radius 3 is 0.757 bits per heavy atom. The maximum atomic E-state index is 12.9. The van der Waals surface area contributed by atoms with Gasteiger partial charge in [-0.3, -0.25) is 14.4 Å². The molecule has 0 saturated carbocycles. The third-order valence-corrected chi connectivity index (χ3v) is 15.2. The molecule has 6 nitrogen and oxygen atoms in total. The molecule has 0 amide bonds. The van der Waals surface area contributed by atoms with Crippen LogP contribution in [-0.2, 0) is 28.6 Å². The number of esters is 3. The van der Waals surface area contributed by atoms with E-state index in [0.29, 0.717) is 19.3 Å². The fourth-order valence-electron chi connectivity index (χ4n) is 10.2. The van der Waals surface area contributed by atoms with E-state index in [1.807, 2.05) is 0 Å². The molecule has 436 valence electrons. The minimum absolute atomic E-state index is 0.0682. The van der Waals surface area contributed by atoms with E-state index in [-0.39, 0.29) is 31.1 Å². The Morgan fingerprint density at radius 2 is 0.486 bits per heavy atom. The maximum Gasteiger partial charge on any atom is 0.306 e. The van der Waals surface area contributed by atoms with E-state index < -0.39 is 6.10 Å². The number of carbonyl (C=O) groups excluding carboxylic acids is 3. The number of hydrogen-bond acceptors (Lipinski definition) is 6. The van der Waals surface area contributed by atoms with Crippen LogP contribution in [0.2, 0.25) is 0 Å². The van der Waals surface area contributed by atoms with Crippen molar-refractivity contribution in [3.63, 3.8) is 0 Å². The number of allylic oxidation sites excluding steroid dienone is 4. The Labute approximate surface area is 462 Å². The fourth-order valence-corrected chi connectivity index (χ4v) is 10.2. The minimum atomic E-state index is -0.772. The quantitative estimate of drug-likeness (QED) is 0.0261. The monoisotopic (exact) mass is 1040 g/mol. The summed E-state index contributed by atoms with van der Waals surface area (Å²) in [5.74, 6) is -0.845. The second-order valence-electron chi connectivity index (χ2n) is 22.7. The third-order valence-electron chi connectivity index (χ3n) is 15.2. The van der Waals surface area contributed by atoms with Crippen molar-refractivity contribution in [1.29, 1.82) is 0 Å². The van der Waals surface area contributed by atoms with E-state index in [9.17, 15) is 14.4 Å². The van der Waals surface area contributed by atoms with Crippen LogP contribution < -0.4 is 0 Å². The van der Waals surface area contributed by atoms with Crippen molar-refractivity contribution in [1.82, 2.24) is 0 Å². The molecule has 1 unspecified atom stereocenters. The van der Waals surface area contributed by atoms with Gasteiger partial charge in [0, 0.05) is 19.3 Å². The summed E-state index contributed by atoms with van der Waals surface area (Å²) >= 11 is 0. The highest BCUT2D eigenvalue weighted by Crippen LogP contribution is 2.18. The zero-order valence-corrected chi connectivity index (χ0v) is 50.1. The lowest BCUT2D eigenvalue weighted by molar-refractivity contribution is -0.167. The van der Waals surface area contributed by atoms with Crippen LogP contribution in [0.4, 0.5) is 0 Å². The number of unbranched alkanes of at least 4 members (excludes halogenated alkanes) is 47. The molecule has 0 aromatic rings. The predicted molar refractivity (Wildman–Crippen MR) is 321 cm³/mol. The maximum absolute atomic E-state index is 12.9. The molecule has 0 fully saturated rings. The van der Waals surface area contributed by atoms with Gasteiger partial charge in [-0.15, -0.1) is 0 Å². The largest absolute Gasteiger partial charge is 0.462 e. The molecule has 0 aliphatic carbocycles. The van der Waals surface area contributed by atoms with E-state index in [4.69, 9.17) is 14.2 Å². The molecule has 0 heterocycles. The third kappa shape index (κ3) is 60.8. The lowest BCUT2D eigenvalue weighted by Crippen LogP contribution is -2.30. The van der Waals surface area contributed by atoms with Gasteiger partial charge in [-0.1, -0.05) is 328 Å². The molecular weight excluding hydrogens is 913 g/mol. The van der Waals surface area contributed by atoms with Gasteiger partial charge in [-0.25, -0.2) is 0 Å². The van der Waals surface area contributed by atoms with Gasteiger partial charge < -0.3 is 14.2 Å². The van der Waals surface area contributed by atoms with Crippen molar-refractivity contribution in [2.45, 2.75) is 380 Å². The average Bonchev–Trinajstić information content (AvgIpc) is 3.40. The lowest BCUT2D eigenvalue weighted by atomic mass is 10.0. The summed E-state index contributed by atoms with van der Waals surface area (Å²) in [7, 11) is 0. The predicted octanol–water partition coefficient (Wildman–Crippen LogP) is 22.6. The van der Waals surface area contributed by atoms with Gasteiger partial charge in [0.05, 0.1) is 0 Å². The van der Waals surface area contributed by atoms with Gasteiger partial charge in [0.1, 0.15) is 13.2 Å². The zero-order chi connectivity index (χ0) is 53.6. The first-order valence-electron chi connectivity index (χ1n) is 33.3. The van der Waals surface area contributed by atoms with E-state index in [0.717, 1.165) is 70.6 Å². The number of rotatable bonds is 62. The van der Waals surface area contributed by atoms with Crippen molar-refractivity contribution in [2.75, 3.05) is 13.2 Å². The van der Waals surface area contributed by atoms with Gasteiger partial charge >= 0.3 is 17.9 Å². The van der Waals surface area contributed by atoms with Crippen LogP contribution in [0.3, 0.4) is 0 Å². The van der Waals surface area contributed by atoms with Crippen LogP contribution in [0.25, 0.3) is 0 Å². The van der Waals surface area contributed by atoms with Crippen molar-refractivity contribution >= 4 is 17.9 Å². The minimum Gasteiger partial charge on any atom is -0.462 e. The Balaban J connectivity index is 4.29. The van der Waals surface area contributed by atoms with Gasteiger partial charge in [0.25, 0.3) is 0 Å². The van der Waals surface area contributed by atoms with E-state index in [1.165, 1.54) is 263 Å². The molecule has 0 saturated heterocycles. The summed E-state index contributed by atoms with van der Waals surface area (Å²) in [4.78, 5) is 38.4. The molecule has 0 aromatic carbocycles. The molecule has 0 aliphatic rings. The fraction of sp³-hybridized carbons (Fsp3) is 0.897. The van der Waals surface area contributed by atoms with Crippen LogP contribution in [0, 0.1) is 0 Å². The molecule has 0 N–H and O–H groups in total. The Kier molecular flexibility index (Phi) is 61.6. The van der Waals surface area contributed by atoms with Crippen molar-refractivity contribution in [2.24, 2.45) is 0 Å². The standard InChI is InChI=1S/C68H128O6/c1-4-7-10-13-16-19-22-25-28-31-33-34-35-36-38-40-43-46-49-52-55-58-61-67(70)73-64-65(63-72-66(69)60-57-54-51-48-45-42-39-30-27-24-21-18-15-12-9-6-3)74-68(71)62-59-56-53-50-47-44-41-37-32-29-26-23-20-17-14-11-8-5-2/h20,23,29,32,65H,4-19,21-22,24-28,30-31,33-64H2,1-3H3/b23-20-,32-29-. The van der Waals surface area contributed by atoms with Crippen molar-refractivity contribution in [3.8, 4) is 0 Å². The molecule has 0 aliphatic heterocycles. The highest BCUT2D eigenvalue weighted by atomic mass is 16.6.